The molecule has 1 saturated carbocycles. The first kappa shape index (κ1) is 7.10. The maximum absolute atomic E-state index is 10.9. The van der Waals surface area contributed by atoms with Gasteiger partial charge in [-0.25, -0.2) is 0 Å². The molecule has 0 aromatic carbocycles. The lowest BCUT2D eigenvalue weighted by atomic mass is 9.74. The van der Waals surface area contributed by atoms with Gasteiger partial charge in [0.1, 0.15) is 0 Å². The van der Waals surface area contributed by atoms with Gasteiger partial charge in [0.2, 0.25) is 5.91 Å². The molecular weight excluding hydrogens is 140 g/mol. The van der Waals surface area contributed by atoms with E-state index in [1.807, 2.05) is 0 Å². The third kappa shape index (κ3) is 0.948. The molecule has 2 aliphatic rings. The molecule has 1 aliphatic heterocycles. The van der Waals surface area contributed by atoms with Crippen LogP contribution < -0.4 is 5.32 Å². The van der Waals surface area contributed by atoms with E-state index < -0.39 is 0 Å². The second kappa shape index (κ2) is 2.21. The summed E-state index contributed by atoms with van der Waals surface area (Å²) >= 11 is 0. The summed E-state index contributed by atoms with van der Waals surface area (Å²) in [6.45, 7) is 1.45. The van der Waals surface area contributed by atoms with E-state index in [4.69, 9.17) is 0 Å². The molecule has 1 N–H and O–H groups in total. The van der Waals surface area contributed by atoms with Gasteiger partial charge in [0.05, 0.1) is 6.54 Å². The van der Waals surface area contributed by atoms with Crippen molar-refractivity contribution in [1.82, 2.24) is 10.2 Å². The normalized spacial score (nSPS) is 29.7. The molecule has 0 radical (unpaired) electrons. The minimum Gasteiger partial charge on any atom is -0.353 e. The Hall–Kier alpha value is -0.570. The molecule has 11 heavy (non-hydrogen) atoms. The molecule has 0 bridgehead atoms. The Bertz CT molecular complexity index is 187. The van der Waals surface area contributed by atoms with Crippen molar-refractivity contribution >= 4 is 5.91 Å². The number of carbonyl (C=O) groups is 1. The summed E-state index contributed by atoms with van der Waals surface area (Å²) in [5, 5.41) is 2.92. The zero-order chi connectivity index (χ0) is 7.90. The van der Waals surface area contributed by atoms with Crippen LogP contribution in [0.4, 0.5) is 0 Å². The number of carbonyl (C=O) groups excluding carboxylic acids is 1. The van der Waals surface area contributed by atoms with E-state index in [0.717, 1.165) is 6.54 Å². The SMILES string of the molecule is CN1CC(=O)NCC12CCC2. The number of likely N-dealkylation sites (N-methyl/N-ethyl adjacent to an activating group) is 1. The highest BCUT2D eigenvalue weighted by Crippen LogP contribution is 2.37. The monoisotopic (exact) mass is 154 g/mol. The van der Waals surface area contributed by atoms with Crippen LogP contribution in [0.5, 0.6) is 0 Å². The van der Waals surface area contributed by atoms with Gasteiger partial charge >= 0.3 is 0 Å². The van der Waals surface area contributed by atoms with Crippen LogP contribution >= 0.6 is 0 Å². The second-order valence-electron chi connectivity index (χ2n) is 3.71. The third-order valence-corrected chi connectivity index (χ3v) is 3.09. The molecule has 1 amide bonds. The molecule has 1 spiro atoms. The Morgan fingerprint density at radius 1 is 1.55 bits per heavy atom. The fourth-order valence-electron chi connectivity index (χ4n) is 1.98. The van der Waals surface area contributed by atoms with Gasteiger partial charge in [0.15, 0.2) is 0 Å². The van der Waals surface area contributed by atoms with Crippen molar-refractivity contribution in [3.63, 3.8) is 0 Å². The van der Waals surface area contributed by atoms with Crippen LogP contribution in [-0.2, 0) is 4.79 Å². The predicted molar refractivity (Wildman–Crippen MR) is 42.2 cm³/mol. The number of hydrogen-bond donors (Lipinski definition) is 1. The van der Waals surface area contributed by atoms with E-state index in [1.54, 1.807) is 0 Å². The molecule has 2 rings (SSSR count). The Morgan fingerprint density at radius 3 is 2.73 bits per heavy atom. The number of hydrogen-bond acceptors (Lipinski definition) is 2. The summed E-state index contributed by atoms with van der Waals surface area (Å²) in [6.07, 6.45) is 3.83. The molecule has 3 nitrogen and oxygen atoms in total. The maximum atomic E-state index is 10.9. The largest absolute Gasteiger partial charge is 0.353 e. The highest BCUT2D eigenvalue weighted by Gasteiger charge is 2.43. The maximum Gasteiger partial charge on any atom is 0.234 e. The lowest BCUT2D eigenvalue weighted by Crippen LogP contribution is -2.64. The Kier molecular flexibility index (Phi) is 1.42. The summed E-state index contributed by atoms with van der Waals surface area (Å²) in [7, 11) is 2.05. The zero-order valence-corrected chi connectivity index (χ0v) is 6.89. The lowest BCUT2D eigenvalue weighted by molar-refractivity contribution is -0.130. The number of nitrogens with zero attached hydrogens (tertiary/aromatic N) is 1. The summed E-state index contributed by atoms with van der Waals surface area (Å²) in [6, 6.07) is 0. The molecular formula is C8H14N2O. The molecule has 0 unspecified atom stereocenters. The first-order valence-electron chi connectivity index (χ1n) is 4.21. The van der Waals surface area contributed by atoms with E-state index in [2.05, 4.69) is 17.3 Å². The molecule has 3 heteroatoms. The van der Waals surface area contributed by atoms with Gasteiger partial charge in [-0.3, -0.25) is 9.69 Å². The van der Waals surface area contributed by atoms with Gasteiger partial charge in [0, 0.05) is 12.1 Å². The molecule has 0 atom stereocenters. The highest BCUT2D eigenvalue weighted by molar-refractivity contribution is 5.79. The van der Waals surface area contributed by atoms with Crippen LogP contribution in [0.2, 0.25) is 0 Å². The Labute approximate surface area is 66.8 Å². The summed E-state index contributed by atoms with van der Waals surface area (Å²) in [5.41, 5.74) is 0.341. The van der Waals surface area contributed by atoms with E-state index in [0.29, 0.717) is 12.1 Å². The zero-order valence-electron chi connectivity index (χ0n) is 6.89. The fraction of sp³-hybridized carbons (Fsp3) is 0.875. The number of piperazine rings is 1. The minimum absolute atomic E-state index is 0.171. The van der Waals surface area contributed by atoms with Crippen LogP contribution in [0.15, 0.2) is 0 Å². The van der Waals surface area contributed by atoms with Crippen LogP contribution in [0.25, 0.3) is 0 Å². The van der Waals surface area contributed by atoms with Gasteiger partial charge in [-0.05, 0) is 26.3 Å². The van der Waals surface area contributed by atoms with Crippen LogP contribution in [0.1, 0.15) is 19.3 Å². The Morgan fingerprint density at radius 2 is 2.27 bits per heavy atom. The van der Waals surface area contributed by atoms with Crippen molar-refractivity contribution in [3.05, 3.63) is 0 Å². The van der Waals surface area contributed by atoms with Gasteiger partial charge in [0.25, 0.3) is 0 Å². The topological polar surface area (TPSA) is 32.3 Å². The number of amides is 1. The molecule has 62 valence electrons. The average molecular weight is 154 g/mol. The van der Waals surface area contributed by atoms with E-state index in [1.165, 1.54) is 19.3 Å². The van der Waals surface area contributed by atoms with E-state index in [-0.39, 0.29) is 5.91 Å². The third-order valence-electron chi connectivity index (χ3n) is 3.09. The molecule has 2 fully saturated rings. The minimum atomic E-state index is 0.171. The van der Waals surface area contributed by atoms with Gasteiger partial charge < -0.3 is 5.32 Å². The lowest BCUT2D eigenvalue weighted by Gasteiger charge is -2.51. The quantitative estimate of drug-likeness (QED) is 0.531. The average Bonchev–Trinajstić information content (AvgIpc) is 1.84. The van der Waals surface area contributed by atoms with Crippen molar-refractivity contribution < 1.29 is 4.79 Å². The van der Waals surface area contributed by atoms with Crippen LogP contribution in [0.3, 0.4) is 0 Å². The van der Waals surface area contributed by atoms with Crippen molar-refractivity contribution in [2.24, 2.45) is 0 Å². The van der Waals surface area contributed by atoms with Crippen molar-refractivity contribution in [2.45, 2.75) is 24.8 Å². The van der Waals surface area contributed by atoms with Crippen LogP contribution in [-0.4, -0.2) is 36.5 Å². The first-order chi connectivity index (χ1) is 5.23. The molecule has 0 aromatic rings. The van der Waals surface area contributed by atoms with Gasteiger partial charge in [-0.1, -0.05) is 0 Å². The van der Waals surface area contributed by atoms with Crippen molar-refractivity contribution in [1.29, 1.82) is 0 Å². The Balaban J connectivity index is 2.06. The first-order valence-corrected chi connectivity index (χ1v) is 4.21. The molecule has 1 aliphatic carbocycles. The van der Waals surface area contributed by atoms with Crippen molar-refractivity contribution in [3.8, 4) is 0 Å². The van der Waals surface area contributed by atoms with Crippen LogP contribution in [0, 0.1) is 0 Å². The molecule has 1 heterocycles. The van der Waals surface area contributed by atoms with E-state index >= 15 is 0 Å². The number of rotatable bonds is 0. The highest BCUT2D eigenvalue weighted by atomic mass is 16.2. The summed E-state index contributed by atoms with van der Waals surface area (Å²) < 4.78 is 0. The predicted octanol–water partition coefficient (Wildman–Crippen LogP) is -0.0293. The van der Waals surface area contributed by atoms with Crippen molar-refractivity contribution in [2.75, 3.05) is 20.1 Å². The summed E-state index contributed by atoms with van der Waals surface area (Å²) in [5.74, 6) is 0.171. The summed E-state index contributed by atoms with van der Waals surface area (Å²) in [4.78, 5) is 13.2. The standard InChI is InChI=1S/C8H14N2O/c1-10-5-7(11)9-6-8(10)3-2-4-8/h2-6H2,1H3,(H,9,11). The number of nitrogens with one attached hydrogen (secondary N) is 1. The van der Waals surface area contributed by atoms with E-state index in [9.17, 15) is 4.79 Å². The van der Waals surface area contributed by atoms with Gasteiger partial charge in [-0.2, -0.15) is 0 Å². The molecule has 0 aromatic heterocycles. The molecule has 1 saturated heterocycles. The fourth-order valence-corrected chi connectivity index (χ4v) is 1.98. The smallest absolute Gasteiger partial charge is 0.234 e. The second-order valence-corrected chi connectivity index (χ2v) is 3.71. The van der Waals surface area contributed by atoms with Gasteiger partial charge in [-0.15, -0.1) is 0 Å².